The number of carbonyl (C=O) groups is 2. The fourth-order valence-electron chi connectivity index (χ4n) is 1.03. The van der Waals surface area contributed by atoms with Gasteiger partial charge in [-0.25, -0.2) is 9.18 Å². The molecule has 0 radical (unpaired) electrons. The maximum absolute atomic E-state index is 13.2. The van der Waals surface area contributed by atoms with Gasteiger partial charge in [-0.15, -0.1) is 0 Å². The molecule has 0 fully saturated rings. The minimum Gasteiger partial charge on any atom is -0.462 e. The topological polar surface area (TPSA) is 43.4 Å². The second-order valence-corrected chi connectivity index (χ2v) is 3.10. The first-order valence-corrected chi connectivity index (χ1v) is 4.59. The summed E-state index contributed by atoms with van der Waals surface area (Å²) in [5.74, 6) is -1.50. The quantitative estimate of drug-likeness (QED) is 0.592. The van der Waals surface area contributed by atoms with Crippen molar-refractivity contribution in [2.75, 3.05) is 6.61 Å². The Balaban J connectivity index is 3.13. The lowest BCUT2D eigenvalue weighted by Crippen LogP contribution is -2.06. The van der Waals surface area contributed by atoms with Crippen molar-refractivity contribution in [3.63, 3.8) is 0 Å². The molecule has 15 heavy (non-hydrogen) atoms. The van der Waals surface area contributed by atoms with Crippen LogP contribution in [0.25, 0.3) is 0 Å². The molecule has 0 spiro atoms. The van der Waals surface area contributed by atoms with Crippen LogP contribution in [0.3, 0.4) is 0 Å². The number of halogens is 2. The zero-order valence-corrected chi connectivity index (χ0v) is 8.68. The molecule has 1 rings (SSSR count). The average molecular weight is 231 g/mol. The monoisotopic (exact) mass is 230 g/mol. The number of benzene rings is 1. The molecule has 1 aromatic carbocycles. The van der Waals surface area contributed by atoms with Gasteiger partial charge in [-0.05, 0) is 19.1 Å². The summed E-state index contributed by atoms with van der Waals surface area (Å²) >= 11 is 5.60. The molecule has 0 aliphatic rings. The Morgan fingerprint density at radius 2 is 2.27 bits per heavy atom. The normalized spacial score (nSPS) is 9.80. The summed E-state index contributed by atoms with van der Waals surface area (Å²) in [6.07, 6.45) is 0.298. The van der Waals surface area contributed by atoms with Crippen LogP contribution < -0.4 is 0 Å². The van der Waals surface area contributed by atoms with Crippen molar-refractivity contribution in [1.29, 1.82) is 0 Å². The van der Waals surface area contributed by atoms with Crippen LogP contribution in [0.1, 0.15) is 27.6 Å². The lowest BCUT2D eigenvalue weighted by atomic mass is 10.1. The summed E-state index contributed by atoms with van der Waals surface area (Å²) in [5, 5.41) is -0.104. The van der Waals surface area contributed by atoms with Crippen molar-refractivity contribution in [3.05, 3.63) is 34.1 Å². The largest absolute Gasteiger partial charge is 0.462 e. The molecule has 0 saturated heterocycles. The molecule has 3 nitrogen and oxygen atoms in total. The summed E-state index contributed by atoms with van der Waals surface area (Å²) in [7, 11) is 0. The molecule has 0 bridgehead atoms. The Morgan fingerprint density at radius 1 is 1.60 bits per heavy atom. The molecule has 0 heterocycles. The first kappa shape index (κ1) is 11.7. The molecule has 0 amide bonds. The zero-order chi connectivity index (χ0) is 11.4. The maximum Gasteiger partial charge on any atom is 0.338 e. The molecule has 80 valence electrons. The van der Waals surface area contributed by atoms with E-state index in [4.69, 9.17) is 11.6 Å². The van der Waals surface area contributed by atoms with Gasteiger partial charge in [0.2, 0.25) is 0 Å². The Bertz CT molecular complexity index is 381. The molecule has 5 heteroatoms. The van der Waals surface area contributed by atoms with E-state index in [1.165, 1.54) is 6.07 Å². The van der Waals surface area contributed by atoms with Gasteiger partial charge in [-0.1, -0.05) is 11.6 Å². The molecule has 0 atom stereocenters. The van der Waals surface area contributed by atoms with E-state index in [0.29, 0.717) is 6.29 Å². The highest BCUT2D eigenvalue weighted by molar-refractivity contribution is 6.33. The smallest absolute Gasteiger partial charge is 0.338 e. The molecule has 0 unspecified atom stereocenters. The maximum atomic E-state index is 13.2. The van der Waals surface area contributed by atoms with Crippen LogP contribution in [0.5, 0.6) is 0 Å². The second kappa shape index (κ2) is 4.89. The highest BCUT2D eigenvalue weighted by atomic mass is 35.5. The van der Waals surface area contributed by atoms with Gasteiger partial charge in [0.15, 0.2) is 6.29 Å². The van der Waals surface area contributed by atoms with Crippen molar-refractivity contribution in [2.24, 2.45) is 0 Å². The summed E-state index contributed by atoms with van der Waals surface area (Å²) in [6.45, 7) is 1.82. The summed E-state index contributed by atoms with van der Waals surface area (Å²) in [6, 6.07) is 2.12. The van der Waals surface area contributed by atoms with E-state index in [1.807, 2.05) is 0 Å². The third kappa shape index (κ3) is 2.53. The number of rotatable bonds is 3. The van der Waals surface area contributed by atoms with E-state index < -0.39 is 11.8 Å². The van der Waals surface area contributed by atoms with Crippen LogP contribution in [0.2, 0.25) is 5.02 Å². The third-order valence-electron chi connectivity index (χ3n) is 1.71. The number of hydrogen-bond acceptors (Lipinski definition) is 3. The van der Waals surface area contributed by atoms with Crippen LogP contribution in [0, 0.1) is 5.82 Å². The van der Waals surface area contributed by atoms with Crippen molar-refractivity contribution >= 4 is 23.9 Å². The van der Waals surface area contributed by atoms with E-state index in [9.17, 15) is 14.0 Å². The van der Waals surface area contributed by atoms with Crippen LogP contribution in [0.4, 0.5) is 4.39 Å². The molecule has 0 aliphatic carbocycles. The SMILES string of the molecule is CCOC(=O)c1cc(F)c(C=O)c(Cl)c1. The highest BCUT2D eigenvalue weighted by Gasteiger charge is 2.13. The van der Waals surface area contributed by atoms with Crippen molar-refractivity contribution < 1.29 is 18.7 Å². The molecule has 0 N–H and O–H groups in total. The predicted octanol–water partition coefficient (Wildman–Crippen LogP) is 2.47. The van der Waals surface area contributed by atoms with Gasteiger partial charge in [0.1, 0.15) is 5.82 Å². The van der Waals surface area contributed by atoms with Gasteiger partial charge in [0, 0.05) is 0 Å². The average Bonchev–Trinajstić information content (AvgIpc) is 2.17. The number of hydrogen-bond donors (Lipinski definition) is 0. The standard InChI is InChI=1S/C10H8ClFO3/c1-2-15-10(14)6-3-8(11)7(5-13)9(12)4-6/h3-5H,2H2,1H3. The third-order valence-corrected chi connectivity index (χ3v) is 2.02. The van der Waals surface area contributed by atoms with Crippen LogP contribution in [-0.2, 0) is 4.74 Å². The van der Waals surface area contributed by atoms with Gasteiger partial charge < -0.3 is 4.74 Å². The number of ether oxygens (including phenoxy) is 1. The lowest BCUT2D eigenvalue weighted by Gasteiger charge is -2.04. The molecule has 0 saturated carbocycles. The Kier molecular flexibility index (Phi) is 3.80. The van der Waals surface area contributed by atoms with Gasteiger partial charge in [0.25, 0.3) is 0 Å². The summed E-state index contributed by atoms with van der Waals surface area (Å²) in [4.78, 5) is 21.6. The zero-order valence-electron chi connectivity index (χ0n) is 7.92. The number of aldehydes is 1. The Labute approximate surface area is 90.8 Å². The molecule has 0 aliphatic heterocycles. The second-order valence-electron chi connectivity index (χ2n) is 2.69. The Hall–Kier alpha value is -1.42. The molecule has 1 aromatic rings. The van der Waals surface area contributed by atoms with E-state index in [-0.39, 0.29) is 22.8 Å². The van der Waals surface area contributed by atoms with Gasteiger partial charge in [-0.2, -0.15) is 0 Å². The summed E-state index contributed by atoms with van der Waals surface area (Å²) < 4.78 is 17.8. The van der Waals surface area contributed by atoms with Crippen molar-refractivity contribution in [3.8, 4) is 0 Å². The van der Waals surface area contributed by atoms with Crippen LogP contribution >= 0.6 is 11.6 Å². The van der Waals surface area contributed by atoms with E-state index in [2.05, 4.69) is 4.74 Å². The minimum atomic E-state index is -0.833. The molecule has 0 aromatic heterocycles. The van der Waals surface area contributed by atoms with E-state index >= 15 is 0 Å². The first-order valence-electron chi connectivity index (χ1n) is 4.21. The number of esters is 1. The van der Waals surface area contributed by atoms with Gasteiger partial charge >= 0.3 is 5.97 Å². The molecular weight excluding hydrogens is 223 g/mol. The first-order chi connectivity index (χ1) is 7.10. The minimum absolute atomic E-state index is 0.00931. The predicted molar refractivity (Wildman–Crippen MR) is 52.8 cm³/mol. The fraction of sp³-hybridized carbons (Fsp3) is 0.200. The van der Waals surface area contributed by atoms with Crippen LogP contribution in [-0.4, -0.2) is 18.9 Å². The fourth-order valence-corrected chi connectivity index (χ4v) is 1.28. The Morgan fingerprint density at radius 3 is 2.73 bits per heavy atom. The lowest BCUT2D eigenvalue weighted by molar-refractivity contribution is 0.0525. The number of carbonyl (C=O) groups excluding carboxylic acids is 2. The summed E-state index contributed by atoms with van der Waals surface area (Å²) in [5.41, 5.74) is -0.269. The van der Waals surface area contributed by atoms with Crippen molar-refractivity contribution in [1.82, 2.24) is 0 Å². The van der Waals surface area contributed by atoms with Crippen molar-refractivity contribution in [2.45, 2.75) is 6.92 Å². The van der Waals surface area contributed by atoms with Crippen LogP contribution in [0.15, 0.2) is 12.1 Å². The molecular formula is C10H8ClFO3. The van der Waals surface area contributed by atoms with E-state index in [1.54, 1.807) is 6.92 Å². The highest BCUT2D eigenvalue weighted by Crippen LogP contribution is 2.20. The van der Waals surface area contributed by atoms with E-state index in [0.717, 1.165) is 6.07 Å². The van der Waals surface area contributed by atoms with Gasteiger partial charge in [0.05, 0.1) is 22.8 Å². The van der Waals surface area contributed by atoms with Gasteiger partial charge in [-0.3, -0.25) is 4.79 Å².